The fourth-order valence-corrected chi connectivity index (χ4v) is 2.83. The molecule has 22 heavy (non-hydrogen) atoms. The third-order valence-corrected chi connectivity index (χ3v) is 3.98. The predicted molar refractivity (Wildman–Crippen MR) is 90.1 cm³/mol. The van der Waals surface area contributed by atoms with Crippen molar-refractivity contribution in [2.75, 3.05) is 18.4 Å². The Balaban J connectivity index is 1.91. The molecule has 1 aliphatic rings. The molecule has 0 aromatic heterocycles. The second-order valence-electron chi connectivity index (χ2n) is 7.13. The number of carbonyl (C=O) groups excluding carboxylic acids is 1. The van der Waals surface area contributed by atoms with Crippen molar-refractivity contribution in [2.24, 2.45) is 5.92 Å². The molecule has 1 N–H and O–H groups in total. The summed E-state index contributed by atoms with van der Waals surface area (Å²) in [5, 5.41) is 3.54. The number of anilines is 1. The lowest BCUT2D eigenvalue weighted by Crippen LogP contribution is -2.46. The van der Waals surface area contributed by atoms with E-state index in [-0.39, 0.29) is 6.09 Å². The van der Waals surface area contributed by atoms with Crippen molar-refractivity contribution >= 4 is 11.8 Å². The van der Waals surface area contributed by atoms with Gasteiger partial charge in [-0.25, -0.2) is 4.79 Å². The Hall–Kier alpha value is -1.71. The van der Waals surface area contributed by atoms with E-state index >= 15 is 0 Å². The highest BCUT2D eigenvalue weighted by Gasteiger charge is 2.30. The summed E-state index contributed by atoms with van der Waals surface area (Å²) in [5.41, 5.74) is 0.696. The van der Waals surface area contributed by atoms with Gasteiger partial charge in [0, 0.05) is 24.8 Å². The van der Waals surface area contributed by atoms with E-state index in [4.69, 9.17) is 4.74 Å². The molecule has 4 nitrogen and oxygen atoms in total. The molecule has 0 unspecified atom stereocenters. The summed E-state index contributed by atoms with van der Waals surface area (Å²) >= 11 is 0. The summed E-state index contributed by atoms with van der Waals surface area (Å²) in [4.78, 5) is 14.1. The molecule has 2 rings (SSSR count). The zero-order valence-electron chi connectivity index (χ0n) is 14.1. The summed E-state index contributed by atoms with van der Waals surface area (Å²) in [6.07, 6.45) is 1.98. The first-order valence-electron chi connectivity index (χ1n) is 8.14. The number of nitrogens with zero attached hydrogens (tertiary/aromatic N) is 1. The number of likely N-dealkylation sites (tertiary alicyclic amines) is 1. The molecule has 0 saturated carbocycles. The van der Waals surface area contributed by atoms with Crippen molar-refractivity contribution in [2.45, 2.75) is 52.2 Å². The van der Waals surface area contributed by atoms with E-state index in [2.05, 4.69) is 24.4 Å². The van der Waals surface area contributed by atoms with Crippen LogP contribution in [0.15, 0.2) is 30.3 Å². The van der Waals surface area contributed by atoms with Crippen molar-refractivity contribution in [3.05, 3.63) is 30.3 Å². The average molecular weight is 304 g/mol. The predicted octanol–water partition coefficient (Wildman–Crippen LogP) is 4.13. The molecular formula is C18H28N2O2. The van der Waals surface area contributed by atoms with Crippen molar-refractivity contribution in [1.29, 1.82) is 0 Å². The first-order valence-corrected chi connectivity index (χ1v) is 8.14. The second kappa shape index (κ2) is 7.03. The van der Waals surface area contributed by atoms with Gasteiger partial charge in [0.15, 0.2) is 0 Å². The molecule has 0 aliphatic carbocycles. The molecule has 1 heterocycles. The SMILES string of the molecule is C[C@@H](Nc1ccccc1)[C@H]1CCCN(C(=O)OC(C)(C)C)C1. The number of hydrogen-bond donors (Lipinski definition) is 1. The maximum atomic E-state index is 12.2. The fourth-order valence-electron chi connectivity index (χ4n) is 2.83. The molecule has 1 fully saturated rings. The number of piperidine rings is 1. The highest BCUT2D eigenvalue weighted by atomic mass is 16.6. The van der Waals surface area contributed by atoms with Gasteiger partial charge in [0.05, 0.1) is 0 Å². The van der Waals surface area contributed by atoms with Gasteiger partial charge in [-0.3, -0.25) is 0 Å². The molecule has 122 valence electrons. The summed E-state index contributed by atoms with van der Waals surface area (Å²) < 4.78 is 5.49. The summed E-state index contributed by atoms with van der Waals surface area (Å²) in [6.45, 7) is 9.47. The number of amides is 1. The Morgan fingerprint density at radius 2 is 2.00 bits per heavy atom. The standard InChI is InChI=1S/C18H28N2O2/c1-14(19-16-10-6-5-7-11-16)15-9-8-12-20(13-15)17(21)22-18(2,3)4/h5-7,10-11,14-15,19H,8-9,12-13H2,1-4H3/t14-,15+/m1/s1. The Labute approximate surface area is 133 Å². The molecule has 2 atom stereocenters. The fraction of sp³-hybridized carbons (Fsp3) is 0.611. The molecule has 1 aromatic rings. The zero-order valence-corrected chi connectivity index (χ0v) is 14.1. The second-order valence-corrected chi connectivity index (χ2v) is 7.13. The van der Waals surface area contributed by atoms with E-state index < -0.39 is 5.60 Å². The Kier molecular flexibility index (Phi) is 5.33. The van der Waals surface area contributed by atoms with Crippen LogP contribution in [0.4, 0.5) is 10.5 Å². The largest absolute Gasteiger partial charge is 0.444 e. The van der Waals surface area contributed by atoms with Crippen LogP contribution in [0.2, 0.25) is 0 Å². The quantitative estimate of drug-likeness (QED) is 0.912. The molecule has 1 aliphatic heterocycles. The molecular weight excluding hydrogens is 276 g/mol. The smallest absolute Gasteiger partial charge is 0.410 e. The highest BCUT2D eigenvalue weighted by molar-refractivity contribution is 5.68. The molecule has 0 bridgehead atoms. The lowest BCUT2D eigenvalue weighted by atomic mass is 9.91. The van der Waals surface area contributed by atoms with Crippen LogP contribution in [-0.2, 0) is 4.74 Å². The number of para-hydroxylation sites is 1. The van der Waals surface area contributed by atoms with E-state index in [1.165, 1.54) is 0 Å². The molecule has 4 heteroatoms. The maximum Gasteiger partial charge on any atom is 0.410 e. The van der Waals surface area contributed by atoms with Crippen LogP contribution < -0.4 is 5.32 Å². The molecule has 0 spiro atoms. The van der Waals surface area contributed by atoms with Crippen LogP contribution in [0.3, 0.4) is 0 Å². The normalized spacial score (nSPS) is 20.4. The van der Waals surface area contributed by atoms with E-state index in [9.17, 15) is 4.79 Å². The van der Waals surface area contributed by atoms with E-state index in [1.807, 2.05) is 43.9 Å². The van der Waals surface area contributed by atoms with Gasteiger partial charge in [0.2, 0.25) is 0 Å². The number of benzene rings is 1. The van der Waals surface area contributed by atoms with Crippen molar-refractivity contribution in [1.82, 2.24) is 4.90 Å². The van der Waals surface area contributed by atoms with E-state index in [1.54, 1.807) is 0 Å². The van der Waals surface area contributed by atoms with Crippen LogP contribution in [0.1, 0.15) is 40.5 Å². The first-order chi connectivity index (χ1) is 10.3. The summed E-state index contributed by atoms with van der Waals surface area (Å²) in [6, 6.07) is 10.6. The Bertz CT molecular complexity index is 482. The van der Waals surface area contributed by atoms with Gasteiger partial charge < -0.3 is 15.0 Å². The van der Waals surface area contributed by atoms with Gasteiger partial charge in [-0.05, 0) is 58.6 Å². The van der Waals surface area contributed by atoms with Gasteiger partial charge in [-0.15, -0.1) is 0 Å². The molecule has 1 saturated heterocycles. The number of hydrogen-bond acceptors (Lipinski definition) is 3. The van der Waals surface area contributed by atoms with Crippen LogP contribution >= 0.6 is 0 Å². The van der Waals surface area contributed by atoms with Gasteiger partial charge in [0.25, 0.3) is 0 Å². The lowest BCUT2D eigenvalue weighted by molar-refractivity contribution is 0.0159. The molecule has 0 radical (unpaired) electrons. The van der Waals surface area contributed by atoms with E-state index in [0.29, 0.717) is 12.0 Å². The monoisotopic (exact) mass is 304 g/mol. The topological polar surface area (TPSA) is 41.6 Å². The third kappa shape index (κ3) is 4.93. The number of ether oxygens (including phenoxy) is 1. The minimum Gasteiger partial charge on any atom is -0.444 e. The molecule has 1 amide bonds. The number of carbonyl (C=O) groups is 1. The van der Waals surface area contributed by atoms with Crippen LogP contribution in [0, 0.1) is 5.92 Å². The maximum absolute atomic E-state index is 12.2. The molecule has 1 aromatic carbocycles. The van der Waals surface area contributed by atoms with Gasteiger partial charge in [-0.1, -0.05) is 18.2 Å². The van der Waals surface area contributed by atoms with Crippen molar-refractivity contribution in [3.8, 4) is 0 Å². The highest BCUT2D eigenvalue weighted by Crippen LogP contribution is 2.23. The third-order valence-electron chi connectivity index (χ3n) is 3.98. The number of nitrogens with one attached hydrogen (secondary N) is 1. The van der Waals surface area contributed by atoms with Crippen LogP contribution in [0.5, 0.6) is 0 Å². The first kappa shape index (κ1) is 16.7. The van der Waals surface area contributed by atoms with Crippen molar-refractivity contribution in [3.63, 3.8) is 0 Å². The average Bonchev–Trinajstić information content (AvgIpc) is 2.46. The Morgan fingerprint density at radius 3 is 2.64 bits per heavy atom. The summed E-state index contributed by atoms with van der Waals surface area (Å²) in [5.74, 6) is 0.446. The lowest BCUT2D eigenvalue weighted by Gasteiger charge is -2.37. The minimum atomic E-state index is -0.433. The van der Waals surface area contributed by atoms with Gasteiger partial charge in [0.1, 0.15) is 5.60 Å². The van der Waals surface area contributed by atoms with Crippen LogP contribution in [0.25, 0.3) is 0 Å². The Morgan fingerprint density at radius 1 is 1.32 bits per heavy atom. The minimum absolute atomic E-state index is 0.191. The van der Waals surface area contributed by atoms with Crippen molar-refractivity contribution < 1.29 is 9.53 Å². The summed E-state index contributed by atoms with van der Waals surface area (Å²) in [7, 11) is 0. The van der Waals surface area contributed by atoms with E-state index in [0.717, 1.165) is 31.6 Å². The zero-order chi connectivity index (χ0) is 16.2. The number of rotatable bonds is 3. The van der Waals surface area contributed by atoms with Crippen LogP contribution in [-0.4, -0.2) is 35.7 Å². The van der Waals surface area contributed by atoms with Gasteiger partial charge in [-0.2, -0.15) is 0 Å². The van der Waals surface area contributed by atoms with Gasteiger partial charge >= 0.3 is 6.09 Å².